The van der Waals surface area contributed by atoms with Gasteiger partial charge in [-0.15, -0.1) is 0 Å². The van der Waals surface area contributed by atoms with Crippen molar-refractivity contribution < 1.29 is 14.7 Å². The Morgan fingerprint density at radius 1 is 1.56 bits per heavy atom. The molecule has 0 spiro atoms. The summed E-state index contributed by atoms with van der Waals surface area (Å²) >= 11 is 1.12. The lowest BCUT2D eigenvalue weighted by molar-refractivity contribution is -0.124. The predicted molar refractivity (Wildman–Crippen MR) is 70.4 cm³/mol. The summed E-state index contributed by atoms with van der Waals surface area (Å²) in [4.78, 5) is 22.8. The smallest absolute Gasteiger partial charge is 0.279 e. The highest BCUT2D eigenvalue weighted by Crippen LogP contribution is 2.31. The average Bonchev–Trinajstić information content (AvgIpc) is 2.77. The Bertz CT molecular complexity index is 340. The SMILES string of the molecule is CC1CCC(O)(CNC(=O)C2CSC(=O)N2)CC1. The van der Waals surface area contributed by atoms with Gasteiger partial charge in [0.15, 0.2) is 0 Å². The summed E-state index contributed by atoms with van der Waals surface area (Å²) in [6.45, 7) is 2.47. The molecule has 1 unspecified atom stereocenters. The number of carbonyl (C=O) groups is 2. The normalized spacial score (nSPS) is 36.2. The van der Waals surface area contributed by atoms with Gasteiger partial charge in [-0.2, -0.15) is 0 Å². The number of hydrogen-bond donors (Lipinski definition) is 3. The molecule has 2 rings (SSSR count). The highest BCUT2D eigenvalue weighted by molar-refractivity contribution is 8.14. The summed E-state index contributed by atoms with van der Waals surface area (Å²) < 4.78 is 0. The molecule has 2 amide bonds. The van der Waals surface area contributed by atoms with Crippen molar-refractivity contribution in [3.05, 3.63) is 0 Å². The Balaban J connectivity index is 1.77. The van der Waals surface area contributed by atoms with Crippen LogP contribution in [0.1, 0.15) is 32.6 Å². The molecule has 102 valence electrons. The molecular formula is C12H20N2O3S. The number of hydrogen-bond acceptors (Lipinski definition) is 4. The molecule has 18 heavy (non-hydrogen) atoms. The second-order valence-corrected chi connectivity index (χ2v) is 6.41. The number of aliphatic hydroxyl groups is 1. The fourth-order valence-electron chi connectivity index (χ4n) is 2.38. The average molecular weight is 272 g/mol. The van der Waals surface area contributed by atoms with Crippen LogP contribution in [-0.2, 0) is 4.79 Å². The molecule has 1 aliphatic carbocycles. The first-order valence-corrected chi connectivity index (χ1v) is 7.40. The van der Waals surface area contributed by atoms with Gasteiger partial charge in [-0.1, -0.05) is 18.7 Å². The molecule has 6 heteroatoms. The van der Waals surface area contributed by atoms with E-state index < -0.39 is 11.6 Å². The molecule has 0 radical (unpaired) electrons. The summed E-state index contributed by atoms with van der Waals surface area (Å²) in [5.74, 6) is 0.937. The molecule has 1 aliphatic heterocycles. The number of amides is 2. The third-order valence-corrected chi connectivity index (χ3v) is 4.67. The first-order chi connectivity index (χ1) is 8.48. The minimum atomic E-state index is -0.766. The maximum Gasteiger partial charge on any atom is 0.279 e. The third-order valence-electron chi connectivity index (χ3n) is 3.79. The molecule has 2 fully saturated rings. The van der Waals surface area contributed by atoms with E-state index in [0.717, 1.165) is 37.4 Å². The van der Waals surface area contributed by atoms with Gasteiger partial charge < -0.3 is 15.7 Å². The van der Waals surface area contributed by atoms with Crippen molar-refractivity contribution in [3.63, 3.8) is 0 Å². The standard InChI is InChI=1S/C12H20N2O3S/c1-8-2-4-12(17,5-3-8)7-13-10(15)9-6-18-11(16)14-9/h8-9,17H,2-7H2,1H3,(H,13,15)(H,14,16). The molecule has 3 N–H and O–H groups in total. The molecular weight excluding hydrogens is 252 g/mol. The van der Waals surface area contributed by atoms with Crippen molar-refractivity contribution in [2.24, 2.45) is 5.92 Å². The summed E-state index contributed by atoms with van der Waals surface area (Å²) in [5.41, 5.74) is -0.766. The Morgan fingerprint density at radius 2 is 2.22 bits per heavy atom. The Labute approximate surface area is 111 Å². The van der Waals surface area contributed by atoms with Crippen molar-refractivity contribution in [2.75, 3.05) is 12.3 Å². The van der Waals surface area contributed by atoms with Gasteiger partial charge in [0.25, 0.3) is 5.24 Å². The van der Waals surface area contributed by atoms with Gasteiger partial charge in [-0.05, 0) is 31.6 Å². The number of carbonyl (C=O) groups excluding carboxylic acids is 2. The molecule has 0 aromatic rings. The van der Waals surface area contributed by atoms with E-state index in [-0.39, 0.29) is 17.7 Å². The first-order valence-electron chi connectivity index (χ1n) is 6.42. The van der Waals surface area contributed by atoms with E-state index in [4.69, 9.17) is 0 Å². The monoisotopic (exact) mass is 272 g/mol. The van der Waals surface area contributed by atoms with Crippen LogP contribution < -0.4 is 10.6 Å². The molecule has 2 aliphatic rings. The zero-order valence-electron chi connectivity index (χ0n) is 10.6. The largest absolute Gasteiger partial charge is 0.388 e. The van der Waals surface area contributed by atoms with E-state index in [0.29, 0.717) is 11.7 Å². The molecule has 1 atom stereocenters. The zero-order valence-corrected chi connectivity index (χ0v) is 11.4. The van der Waals surface area contributed by atoms with Crippen molar-refractivity contribution in [1.82, 2.24) is 10.6 Å². The van der Waals surface area contributed by atoms with Crippen LogP contribution in [0.15, 0.2) is 0 Å². The molecule has 0 bridgehead atoms. The van der Waals surface area contributed by atoms with Crippen LogP contribution in [0.3, 0.4) is 0 Å². The van der Waals surface area contributed by atoms with Crippen LogP contribution in [0.5, 0.6) is 0 Å². The lowest BCUT2D eigenvalue weighted by Gasteiger charge is -2.35. The lowest BCUT2D eigenvalue weighted by Crippen LogP contribution is -2.50. The van der Waals surface area contributed by atoms with Crippen LogP contribution in [0.2, 0.25) is 0 Å². The summed E-state index contributed by atoms with van der Waals surface area (Å²) in [5, 5.41) is 15.5. The van der Waals surface area contributed by atoms with Crippen molar-refractivity contribution in [3.8, 4) is 0 Å². The Hall–Kier alpha value is -0.750. The van der Waals surface area contributed by atoms with Crippen LogP contribution in [0.25, 0.3) is 0 Å². The predicted octanol–water partition coefficient (Wildman–Crippen LogP) is 0.869. The van der Waals surface area contributed by atoms with E-state index in [1.165, 1.54) is 0 Å². The van der Waals surface area contributed by atoms with Gasteiger partial charge in [0.2, 0.25) is 5.91 Å². The minimum absolute atomic E-state index is 0.152. The summed E-state index contributed by atoms with van der Waals surface area (Å²) in [6, 6.07) is -0.450. The highest BCUT2D eigenvalue weighted by atomic mass is 32.2. The fourth-order valence-corrected chi connectivity index (χ4v) is 3.16. The van der Waals surface area contributed by atoms with E-state index >= 15 is 0 Å². The third kappa shape index (κ3) is 3.38. The summed E-state index contributed by atoms with van der Waals surface area (Å²) in [7, 11) is 0. The second-order valence-electron chi connectivity index (χ2n) is 5.42. The minimum Gasteiger partial charge on any atom is -0.388 e. The Morgan fingerprint density at radius 3 is 2.78 bits per heavy atom. The van der Waals surface area contributed by atoms with Crippen LogP contribution in [0, 0.1) is 5.92 Å². The second kappa shape index (κ2) is 5.48. The molecule has 0 aromatic heterocycles. The summed E-state index contributed by atoms with van der Waals surface area (Å²) in [6.07, 6.45) is 3.48. The maximum absolute atomic E-state index is 11.8. The van der Waals surface area contributed by atoms with Crippen LogP contribution >= 0.6 is 11.8 Å². The number of thioether (sulfide) groups is 1. The van der Waals surface area contributed by atoms with E-state index in [1.54, 1.807) is 0 Å². The van der Waals surface area contributed by atoms with E-state index in [1.807, 2.05) is 0 Å². The topological polar surface area (TPSA) is 78.4 Å². The Kier molecular flexibility index (Phi) is 4.17. The fraction of sp³-hybridized carbons (Fsp3) is 0.833. The van der Waals surface area contributed by atoms with Gasteiger partial charge in [0.05, 0.1) is 5.60 Å². The molecule has 5 nitrogen and oxygen atoms in total. The lowest BCUT2D eigenvalue weighted by atomic mass is 9.79. The molecule has 1 saturated heterocycles. The van der Waals surface area contributed by atoms with Crippen LogP contribution in [-0.4, -0.2) is 40.2 Å². The van der Waals surface area contributed by atoms with Crippen molar-refractivity contribution in [1.29, 1.82) is 0 Å². The van der Waals surface area contributed by atoms with Crippen molar-refractivity contribution >= 4 is 22.9 Å². The quantitative estimate of drug-likeness (QED) is 0.712. The number of nitrogens with one attached hydrogen (secondary N) is 2. The van der Waals surface area contributed by atoms with Crippen LogP contribution in [0.4, 0.5) is 4.79 Å². The van der Waals surface area contributed by atoms with Gasteiger partial charge in [0, 0.05) is 12.3 Å². The first kappa shape index (κ1) is 13.7. The van der Waals surface area contributed by atoms with E-state index in [9.17, 15) is 14.7 Å². The molecule has 1 heterocycles. The molecule has 0 aromatic carbocycles. The van der Waals surface area contributed by atoms with Crippen molar-refractivity contribution in [2.45, 2.75) is 44.2 Å². The van der Waals surface area contributed by atoms with Gasteiger partial charge in [-0.3, -0.25) is 9.59 Å². The van der Waals surface area contributed by atoms with E-state index in [2.05, 4.69) is 17.6 Å². The maximum atomic E-state index is 11.8. The number of rotatable bonds is 3. The zero-order chi connectivity index (χ0) is 13.2. The van der Waals surface area contributed by atoms with Gasteiger partial charge >= 0.3 is 0 Å². The highest BCUT2D eigenvalue weighted by Gasteiger charge is 2.34. The molecule has 1 saturated carbocycles. The van der Waals surface area contributed by atoms with Gasteiger partial charge in [0.1, 0.15) is 6.04 Å². The van der Waals surface area contributed by atoms with Gasteiger partial charge in [-0.25, -0.2) is 0 Å².